The van der Waals surface area contributed by atoms with Crippen LogP contribution in [0.1, 0.15) is 25.8 Å². The first kappa shape index (κ1) is 11.1. The molecule has 0 saturated heterocycles. The van der Waals surface area contributed by atoms with Crippen LogP contribution >= 0.6 is 0 Å². The van der Waals surface area contributed by atoms with Crippen LogP contribution in [0.5, 0.6) is 5.75 Å². The van der Waals surface area contributed by atoms with E-state index in [9.17, 15) is 0 Å². The molecule has 1 radical (unpaired) electrons. The van der Waals surface area contributed by atoms with Crippen LogP contribution in [0.2, 0.25) is 0 Å². The molecule has 77 valence electrons. The molecule has 0 N–H and O–H groups in total. The van der Waals surface area contributed by atoms with E-state index < -0.39 is 0 Å². The molecule has 0 unspecified atom stereocenters. The Morgan fingerprint density at radius 3 is 2.64 bits per heavy atom. The Labute approximate surface area is 87.1 Å². The predicted octanol–water partition coefficient (Wildman–Crippen LogP) is 3.49. The second kappa shape index (κ2) is 5.69. The average Bonchev–Trinajstić information content (AvgIpc) is 2.17. The van der Waals surface area contributed by atoms with Gasteiger partial charge in [0.25, 0.3) is 0 Å². The summed E-state index contributed by atoms with van der Waals surface area (Å²) in [6.07, 6.45) is 1.91. The summed E-state index contributed by atoms with van der Waals surface area (Å²) in [5, 5.41) is 0. The van der Waals surface area contributed by atoms with Gasteiger partial charge >= 0.3 is 0 Å². The van der Waals surface area contributed by atoms with E-state index in [1.807, 2.05) is 18.2 Å². The van der Waals surface area contributed by atoms with Crippen LogP contribution in [0.15, 0.2) is 24.3 Å². The van der Waals surface area contributed by atoms with Crippen molar-refractivity contribution < 1.29 is 4.74 Å². The van der Waals surface area contributed by atoms with E-state index in [1.165, 1.54) is 5.56 Å². The average molecular weight is 191 g/mol. The molecule has 1 nitrogen and oxygen atoms in total. The number of hydrogen-bond donors (Lipinski definition) is 0. The van der Waals surface area contributed by atoms with Crippen molar-refractivity contribution in [2.24, 2.45) is 5.92 Å². The highest BCUT2D eigenvalue weighted by Crippen LogP contribution is 2.19. The van der Waals surface area contributed by atoms with Gasteiger partial charge in [-0.15, -0.1) is 0 Å². The minimum Gasteiger partial charge on any atom is -0.493 e. The minimum absolute atomic E-state index is 0.572. The molecule has 0 saturated carbocycles. The maximum atomic E-state index is 5.72. The SMILES string of the molecule is [CH2]CCc1ccccc1OCC(C)C. The third-order valence-corrected chi connectivity index (χ3v) is 1.99. The van der Waals surface area contributed by atoms with Gasteiger partial charge in [-0.3, -0.25) is 0 Å². The lowest BCUT2D eigenvalue weighted by Crippen LogP contribution is -2.06. The van der Waals surface area contributed by atoms with E-state index in [2.05, 4.69) is 26.8 Å². The Kier molecular flexibility index (Phi) is 4.51. The quantitative estimate of drug-likeness (QED) is 0.692. The molecular weight excluding hydrogens is 172 g/mol. The summed E-state index contributed by atoms with van der Waals surface area (Å²) in [6.45, 7) is 8.96. The molecule has 0 fully saturated rings. The Hall–Kier alpha value is -0.980. The van der Waals surface area contributed by atoms with Crippen molar-refractivity contribution in [3.63, 3.8) is 0 Å². The van der Waals surface area contributed by atoms with Crippen molar-refractivity contribution in [2.45, 2.75) is 26.7 Å². The number of benzene rings is 1. The molecule has 1 aromatic rings. The van der Waals surface area contributed by atoms with Crippen molar-refractivity contribution in [3.05, 3.63) is 36.8 Å². The molecule has 0 spiro atoms. The Bertz CT molecular complexity index is 266. The Balaban J connectivity index is 2.64. The first-order valence-corrected chi connectivity index (χ1v) is 5.24. The zero-order valence-corrected chi connectivity index (χ0v) is 9.12. The fourth-order valence-electron chi connectivity index (χ4n) is 1.30. The van der Waals surface area contributed by atoms with E-state index in [0.717, 1.165) is 25.2 Å². The van der Waals surface area contributed by atoms with E-state index >= 15 is 0 Å². The predicted molar refractivity (Wildman–Crippen MR) is 60.5 cm³/mol. The standard InChI is InChI=1S/C13H19O/c1-4-7-12-8-5-6-9-13(12)14-10-11(2)3/h5-6,8-9,11H,1,4,7,10H2,2-3H3. The summed E-state index contributed by atoms with van der Waals surface area (Å²) in [7, 11) is 0. The van der Waals surface area contributed by atoms with Gasteiger partial charge in [0, 0.05) is 0 Å². The van der Waals surface area contributed by atoms with E-state index in [4.69, 9.17) is 4.74 Å². The smallest absolute Gasteiger partial charge is 0.122 e. The third-order valence-electron chi connectivity index (χ3n) is 1.99. The molecule has 1 rings (SSSR count). The summed E-state index contributed by atoms with van der Waals surface area (Å²) < 4.78 is 5.72. The molecule has 0 aliphatic rings. The summed E-state index contributed by atoms with van der Waals surface area (Å²) in [5.74, 6) is 1.59. The molecule has 0 heterocycles. The molecule has 1 heteroatoms. The molecular formula is C13H19O. The molecule has 0 atom stereocenters. The van der Waals surface area contributed by atoms with Crippen LogP contribution in [0.4, 0.5) is 0 Å². The lowest BCUT2D eigenvalue weighted by atomic mass is 10.1. The third kappa shape index (κ3) is 3.41. The monoisotopic (exact) mass is 191 g/mol. The van der Waals surface area contributed by atoms with Gasteiger partial charge in [-0.1, -0.05) is 39.0 Å². The van der Waals surface area contributed by atoms with Gasteiger partial charge in [-0.25, -0.2) is 0 Å². The molecule has 0 aromatic heterocycles. The van der Waals surface area contributed by atoms with Crippen LogP contribution in [0.25, 0.3) is 0 Å². The number of para-hydroxylation sites is 1. The summed E-state index contributed by atoms with van der Waals surface area (Å²) in [5.41, 5.74) is 1.27. The van der Waals surface area contributed by atoms with Crippen LogP contribution in [0.3, 0.4) is 0 Å². The van der Waals surface area contributed by atoms with E-state index in [-0.39, 0.29) is 0 Å². The van der Waals surface area contributed by atoms with Crippen molar-refractivity contribution >= 4 is 0 Å². The molecule has 14 heavy (non-hydrogen) atoms. The van der Waals surface area contributed by atoms with E-state index in [1.54, 1.807) is 0 Å². The molecule has 0 aliphatic carbocycles. The fourth-order valence-corrected chi connectivity index (χ4v) is 1.30. The molecule has 0 aliphatic heterocycles. The highest BCUT2D eigenvalue weighted by atomic mass is 16.5. The van der Waals surface area contributed by atoms with Gasteiger partial charge in [-0.05, 0) is 30.4 Å². The topological polar surface area (TPSA) is 9.23 Å². The van der Waals surface area contributed by atoms with Gasteiger partial charge < -0.3 is 4.74 Å². The Morgan fingerprint density at radius 1 is 1.29 bits per heavy atom. The first-order valence-electron chi connectivity index (χ1n) is 5.24. The van der Waals surface area contributed by atoms with Crippen molar-refractivity contribution in [1.29, 1.82) is 0 Å². The van der Waals surface area contributed by atoms with E-state index in [0.29, 0.717) is 5.92 Å². The van der Waals surface area contributed by atoms with Crippen LogP contribution in [0, 0.1) is 12.8 Å². The molecule has 0 bridgehead atoms. The zero-order valence-electron chi connectivity index (χ0n) is 9.12. The fraction of sp³-hybridized carbons (Fsp3) is 0.462. The second-order valence-corrected chi connectivity index (χ2v) is 3.92. The lowest BCUT2D eigenvalue weighted by molar-refractivity contribution is 0.268. The van der Waals surface area contributed by atoms with Gasteiger partial charge in [0.05, 0.1) is 6.61 Å². The van der Waals surface area contributed by atoms with Crippen molar-refractivity contribution in [2.75, 3.05) is 6.61 Å². The molecule has 0 amide bonds. The number of hydrogen-bond acceptors (Lipinski definition) is 1. The largest absolute Gasteiger partial charge is 0.493 e. The summed E-state index contributed by atoms with van der Waals surface area (Å²) in [6, 6.07) is 8.21. The van der Waals surface area contributed by atoms with Crippen LogP contribution < -0.4 is 4.74 Å². The van der Waals surface area contributed by atoms with Crippen molar-refractivity contribution in [3.8, 4) is 5.75 Å². The lowest BCUT2D eigenvalue weighted by Gasteiger charge is -2.12. The molecule has 1 aromatic carbocycles. The van der Waals surface area contributed by atoms with Gasteiger partial charge in [0.2, 0.25) is 0 Å². The number of ether oxygens (including phenoxy) is 1. The van der Waals surface area contributed by atoms with Gasteiger partial charge in [0.1, 0.15) is 5.75 Å². The summed E-state index contributed by atoms with van der Waals surface area (Å²) in [4.78, 5) is 0. The number of rotatable bonds is 5. The van der Waals surface area contributed by atoms with Gasteiger partial charge in [-0.2, -0.15) is 0 Å². The van der Waals surface area contributed by atoms with Crippen LogP contribution in [-0.4, -0.2) is 6.61 Å². The Morgan fingerprint density at radius 2 is 2.00 bits per heavy atom. The summed E-state index contributed by atoms with van der Waals surface area (Å²) >= 11 is 0. The normalized spacial score (nSPS) is 10.6. The number of aryl methyl sites for hydroxylation is 1. The maximum absolute atomic E-state index is 5.72. The zero-order chi connectivity index (χ0) is 10.4. The van der Waals surface area contributed by atoms with Crippen LogP contribution in [-0.2, 0) is 6.42 Å². The first-order chi connectivity index (χ1) is 6.74. The minimum atomic E-state index is 0.572. The highest BCUT2D eigenvalue weighted by molar-refractivity contribution is 5.33. The second-order valence-electron chi connectivity index (χ2n) is 3.92. The van der Waals surface area contributed by atoms with Gasteiger partial charge in [0.15, 0.2) is 0 Å². The highest BCUT2D eigenvalue weighted by Gasteiger charge is 2.02. The van der Waals surface area contributed by atoms with Crippen molar-refractivity contribution in [1.82, 2.24) is 0 Å². The maximum Gasteiger partial charge on any atom is 0.122 e.